The van der Waals surface area contributed by atoms with Crippen molar-refractivity contribution in [1.29, 1.82) is 0 Å². The van der Waals surface area contributed by atoms with Gasteiger partial charge < -0.3 is 29.9 Å². The van der Waals surface area contributed by atoms with Crippen molar-refractivity contribution in [1.82, 2.24) is 9.80 Å². The van der Waals surface area contributed by atoms with Gasteiger partial charge in [-0.15, -0.1) is 72.8 Å². The molecule has 729 valence electrons. The average molecular weight is 2070 g/mol. The summed E-state index contributed by atoms with van der Waals surface area (Å²) in [6.45, 7) is 44.0. The van der Waals surface area contributed by atoms with Crippen LogP contribution in [0.3, 0.4) is 0 Å². The first-order chi connectivity index (χ1) is 69.7. The summed E-state index contributed by atoms with van der Waals surface area (Å²) in [5.74, 6) is 1.27. The molecule has 0 saturated heterocycles. The van der Waals surface area contributed by atoms with Gasteiger partial charge in [0.05, 0.1) is 13.2 Å². The second-order valence-corrected chi connectivity index (χ2v) is 38.5. The maximum atomic E-state index is 12.2. The molecule has 0 aliphatic heterocycles. The largest absolute Gasteiger partial charge is 4.00 e. The molecule has 0 spiro atoms. The fourth-order valence-electron chi connectivity index (χ4n) is 21.1. The minimum atomic E-state index is -0.511. The van der Waals surface area contributed by atoms with Crippen molar-refractivity contribution in [2.75, 3.05) is 40.5 Å². The molecule has 10 heteroatoms. The normalized spacial score (nSPS) is 12.7. The van der Waals surface area contributed by atoms with Crippen LogP contribution in [0.1, 0.15) is 172 Å². The van der Waals surface area contributed by atoms with Gasteiger partial charge in [-0.2, -0.15) is 148 Å². The van der Waals surface area contributed by atoms with E-state index in [1.54, 1.807) is 14.2 Å². The van der Waals surface area contributed by atoms with Crippen LogP contribution in [0.4, 0.5) is 0 Å². The molecule has 0 fully saturated rings. The summed E-state index contributed by atoms with van der Waals surface area (Å²) in [5, 5.41) is 48.9. The van der Waals surface area contributed by atoms with Crippen LogP contribution in [0.25, 0.3) is 44.5 Å². The molecule has 8 nitrogen and oxygen atoms in total. The zero-order valence-electron chi connectivity index (χ0n) is 85.8. The SMILES string of the molecule is COCCN(Cc1cc(C)cc(C2(C)c3ccccc3-c3ccccc32)c1O)Cc1cc(C)cc(C2(C)c3ccccc3-c3ccccc32)c1O.COCCN(Cc1cc(C)cc(C2(C)c3ccccc3-c3ccccc32)c1O)Cc1cc(C)cc(C2(C)c3ccccc3-c3ccccc32)c1O.[CH2-]c1ccccc1.[CH2-]c1ccccc1.[CH2-]c1ccccc1.[CH2-]c1ccccc1.[CH2-]c1ccccc1.[CH2-]c1ccccc1.[Zr+3].[Zr+4]. The van der Waals surface area contributed by atoms with Crippen LogP contribution in [0.15, 0.2) is 425 Å². The standard InChI is InChI=1S/2C47H45NO3.6C7H7.2Zr/c2*1-30-24-32(44(49)42(26-30)46(3)38-18-10-6-14-34(38)35-15-7-11-19-39(35)46)28-48(22-23-51-5)29-33-25-31(2)27-43(45(33)50)47(4)40-20-12-8-16-36(40)37-17-9-13-21-41(37)47;6*1-7-5-3-2-4-6-7;;/h2*6-21,24-27,49-50H,22-23,28-29H2,1-5H3;6*2-6H,1H2;;/q;;6*-1;+3;+4. The molecule has 0 saturated carbocycles. The molecular weight excluding hydrogens is 1940 g/mol. The molecule has 4 N–H and O–H groups in total. The number of ether oxygens (including phenoxy) is 2. The molecule has 4 aliphatic rings. The second kappa shape index (κ2) is 50.2. The summed E-state index contributed by atoms with van der Waals surface area (Å²) in [7, 11) is 3.43. The third kappa shape index (κ3) is 24.4. The first kappa shape index (κ1) is 109. The molecule has 0 aromatic heterocycles. The number of aromatic hydroxyl groups is 4. The van der Waals surface area contributed by atoms with E-state index in [0.29, 0.717) is 75.5 Å². The quantitative estimate of drug-likeness (QED) is 0.0630. The maximum Gasteiger partial charge on any atom is 4.00 e. The minimum Gasteiger partial charge on any atom is -0.507 e. The van der Waals surface area contributed by atoms with E-state index >= 15 is 0 Å². The van der Waals surface area contributed by atoms with Gasteiger partial charge >= 0.3 is 52.4 Å². The van der Waals surface area contributed by atoms with Crippen molar-refractivity contribution in [2.45, 2.75) is 103 Å². The van der Waals surface area contributed by atoms with Crippen molar-refractivity contribution < 1.29 is 82.3 Å². The number of benzene rings is 18. The summed E-state index contributed by atoms with van der Waals surface area (Å²) < 4.78 is 11.2. The number of methoxy groups -OCH3 is 2. The Labute approximate surface area is 906 Å². The minimum absolute atomic E-state index is 0. The van der Waals surface area contributed by atoms with E-state index in [1.165, 1.54) is 89.0 Å². The zero-order valence-corrected chi connectivity index (χ0v) is 90.7. The molecule has 18 aromatic carbocycles. The van der Waals surface area contributed by atoms with Crippen molar-refractivity contribution >= 4 is 0 Å². The second-order valence-electron chi connectivity index (χ2n) is 38.5. The van der Waals surface area contributed by atoms with E-state index in [2.05, 4.69) is 349 Å². The van der Waals surface area contributed by atoms with Crippen LogP contribution in [-0.4, -0.2) is 70.7 Å². The molecule has 146 heavy (non-hydrogen) atoms. The topological polar surface area (TPSA) is 106 Å². The zero-order chi connectivity index (χ0) is 102. The number of nitrogens with zero attached hydrogens (tertiary/aromatic N) is 2. The Bertz CT molecular complexity index is 6240. The Kier molecular flexibility index (Phi) is 37.6. The summed E-state index contributed by atoms with van der Waals surface area (Å²) in [6, 6.07) is 145. The van der Waals surface area contributed by atoms with Crippen LogP contribution in [0, 0.1) is 69.2 Å². The fraction of sp³-hybridized carbons (Fsp3) is 0.162. The smallest absolute Gasteiger partial charge is 0.507 e. The summed E-state index contributed by atoms with van der Waals surface area (Å²) in [6.07, 6.45) is 0. The number of phenolic OH excluding ortho intramolecular Hbond substituents is 4. The Morgan fingerprint density at radius 2 is 0.349 bits per heavy atom. The van der Waals surface area contributed by atoms with Crippen molar-refractivity contribution in [2.24, 2.45) is 0 Å². The fourth-order valence-corrected chi connectivity index (χ4v) is 21.1. The number of hydrogen-bond donors (Lipinski definition) is 4. The van der Waals surface area contributed by atoms with E-state index in [9.17, 15) is 20.4 Å². The Morgan fingerprint density at radius 1 is 0.212 bits per heavy atom. The van der Waals surface area contributed by atoms with E-state index in [4.69, 9.17) is 9.47 Å². The molecule has 0 heterocycles. The van der Waals surface area contributed by atoms with Gasteiger partial charge in [0.2, 0.25) is 0 Å². The van der Waals surface area contributed by atoms with Crippen molar-refractivity contribution in [3.05, 3.63) is 611 Å². The molecule has 18 aromatic rings. The molecule has 4 aliphatic carbocycles. The first-order valence-corrected chi connectivity index (χ1v) is 49.4. The Morgan fingerprint density at radius 3 is 0.479 bits per heavy atom. The van der Waals surface area contributed by atoms with Crippen molar-refractivity contribution in [3.8, 4) is 67.5 Å². The van der Waals surface area contributed by atoms with Gasteiger partial charge in [-0.25, -0.2) is 0 Å². The maximum absolute atomic E-state index is 12.2. The Balaban J connectivity index is 0.000000172. The van der Waals surface area contributed by atoms with Gasteiger partial charge in [0.1, 0.15) is 23.0 Å². The van der Waals surface area contributed by atoms with Gasteiger partial charge in [-0.05, 0) is 144 Å². The summed E-state index contributed by atoms with van der Waals surface area (Å²) in [5.41, 5.74) is 35.2. The number of fused-ring (bicyclic) bond motifs is 12. The van der Waals surface area contributed by atoms with Gasteiger partial charge in [-0.1, -0.05) is 301 Å². The van der Waals surface area contributed by atoms with Crippen molar-refractivity contribution in [3.63, 3.8) is 0 Å². The van der Waals surface area contributed by atoms with E-state index in [-0.39, 0.29) is 52.4 Å². The van der Waals surface area contributed by atoms with Gasteiger partial charge in [0, 0.05) is 120 Å². The third-order valence-electron chi connectivity index (χ3n) is 28.2. The molecule has 0 amide bonds. The van der Waals surface area contributed by atoms with Crippen LogP contribution in [-0.2, 0) is 110 Å². The van der Waals surface area contributed by atoms with Gasteiger partial charge in [0.25, 0.3) is 0 Å². The molecule has 0 bridgehead atoms. The van der Waals surface area contributed by atoms with Crippen LogP contribution in [0.2, 0.25) is 0 Å². The van der Waals surface area contributed by atoms with E-state index in [1.807, 2.05) is 182 Å². The number of rotatable bonds is 18. The predicted molar refractivity (Wildman–Crippen MR) is 598 cm³/mol. The molecule has 0 unspecified atom stereocenters. The summed E-state index contributed by atoms with van der Waals surface area (Å²) in [4.78, 5) is 4.55. The number of aryl methyl sites for hydroxylation is 4. The molecule has 0 atom stereocenters. The average Bonchev–Trinajstić information content (AvgIpc) is 1.57. The number of phenols is 4. The number of hydrogen-bond acceptors (Lipinski definition) is 8. The monoisotopic (exact) mass is 2070 g/mol. The van der Waals surface area contributed by atoms with Gasteiger partial charge in [0.15, 0.2) is 0 Å². The van der Waals surface area contributed by atoms with E-state index < -0.39 is 21.7 Å². The molecule has 1 radical (unpaired) electrons. The third-order valence-corrected chi connectivity index (χ3v) is 28.2. The van der Waals surface area contributed by atoms with Gasteiger partial charge in [-0.3, -0.25) is 9.80 Å². The summed E-state index contributed by atoms with van der Waals surface area (Å²) >= 11 is 0. The van der Waals surface area contributed by atoms with Crippen LogP contribution < -0.4 is 0 Å². The molecule has 22 rings (SSSR count). The Hall–Kier alpha value is -14.0. The van der Waals surface area contributed by atoms with Crippen LogP contribution in [0.5, 0.6) is 23.0 Å². The predicted octanol–water partition coefficient (Wildman–Crippen LogP) is 31.3. The van der Waals surface area contributed by atoms with E-state index in [0.717, 1.165) is 100 Å². The van der Waals surface area contributed by atoms with Crippen LogP contribution >= 0.6 is 0 Å². The molecular formula is C136H132N2O6Zr2+. The first-order valence-electron chi connectivity index (χ1n) is 49.4.